The van der Waals surface area contributed by atoms with Gasteiger partial charge < -0.3 is 15.5 Å². The molecule has 0 radical (unpaired) electrons. The second kappa shape index (κ2) is 4.07. The summed E-state index contributed by atoms with van der Waals surface area (Å²) in [7, 11) is 0. The van der Waals surface area contributed by atoms with Gasteiger partial charge >= 0.3 is 5.97 Å². The molecule has 0 aliphatic heterocycles. The van der Waals surface area contributed by atoms with Crippen LogP contribution < -0.4 is 5.32 Å². The fourth-order valence-corrected chi connectivity index (χ4v) is 1.53. The molecule has 1 saturated carbocycles. The summed E-state index contributed by atoms with van der Waals surface area (Å²) in [6.07, 6.45) is 1.12. The molecule has 0 saturated heterocycles. The number of rotatable bonds is 4. The fraction of sp³-hybridized carbons (Fsp3) is 0.889. The Kier molecular flexibility index (Phi) is 3.27. The van der Waals surface area contributed by atoms with Crippen molar-refractivity contribution >= 4 is 5.97 Å². The zero-order valence-electron chi connectivity index (χ0n) is 8.03. The number of aliphatic hydroxyl groups is 1. The van der Waals surface area contributed by atoms with Crippen molar-refractivity contribution in [2.24, 2.45) is 5.92 Å². The van der Waals surface area contributed by atoms with Crippen molar-refractivity contribution in [1.82, 2.24) is 5.32 Å². The zero-order valence-corrected chi connectivity index (χ0v) is 8.03. The van der Waals surface area contributed by atoms with Gasteiger partial charge in [0.05, 0.1) is 6.10 Å². The number of carboxylic acids is 1. The van der Waals surface area contributed by atoms with Crippen molar-refractivity contribution in [3.8, 4) is 0 Å². The van der Waals surface area contributed by atoms with Gasteiger partial charge in [0.1, 0.15) is 6.04 Å². The van der Waals surface area contributed by atoms with Crippen molar-refractivity contribution < 1.29 is 15.0 Å². The molecule has 76 valence electrons. The molecular weight excluding hydrogens is 170 g/mol. The monoisotopic (exact) mass is 187 g/mol. The van der Waals surface area contributed by atoms with Crippen LogP contribution in [0.5, 0.6) is 0 Å². The molecular formula is C9H17NO3. The molecule has 0 aromatic heterocycles. The number of aliphatic hydroxyl groups excluding tert-OH is 1. The van der Waals surface area contributed by atoms with Gasteiger partial charge in [-0.1, -0.05) is 13.8 Å². The molecule has 0 spiro atoms. The lowest BCUT2D eigenvalue weighted by atomic mass is 9.88. The highest BCUT2D eigenvalue weighted by Crippen LogP contribution is 2.20. The second-order valence-electron chi connectivity index (χ2n) is 4.05. The molecule has 3 N–H and O–H groups in total. The lowest BCUT2D eigenvalue weighted by Gasteiger charge is -2.35. The maximum atomic E-state index is 10.8. The number of hydrogen-bond donors (Lipinski definition) is 3. The van der Waals surface area contributed by atoms with E-state index in [4.69, 9.17) is 10.2 Å². The summed E-state index contributed by atoms with van der Waals surface area (Å²) in [5.41, 5.74) is 0. The van der Waals surface area contributed by atoms with E-state index in [1.165, 1.54) is 0 Å². The average Bonchev–Trinajstić information content (AvgIpc) is 1.93. The highest BCUT2D eigenvalue weighted by atomic mass is 16.4. The third-order valence-corrected chi connectivity index (χ3v) is 2.46. The predicted molar refractivity (Wildman–Crippen MR) is 48.4 cm³/mol. The van der Waals surface area contributed by atoms with E-state index in [9.17, 15) is 4.79 Å². The molecule has 0 heterocycles. The summed E-state index contributed by atoms with van der Waals surface area (Å²) in [6, 6.07) is -0.309. The average molecular weight is 187 g/mol. The van der Waals surface area contributed by atoms with E-state index in [2.05, 4.69) is 5.32 Å². The van der Waals surface area contributed by atoms with Gasteiger partial charge in [0.25, 0.3) is 0 Å². The van der Waals surface area contributed by atoms with E-state index in [-0.39, 0.29) is 18.1 Å². The quantitative estimate of drug-likeness (QED) is 0.588. The SMILES string of the molecule is CC(C)C(NC1CC(O)C1)C(=O)O. The first-order valence-electron chi connectivity index (χ1n) is 4.67. The van der Waals surface area contributed by atoms with Gasteiger partial charge in [-0.05, 0) is 18.8 Å². The molecule has 1 atom stereocenters. The second-order valence-corrected chi connectivity index (χ2v) is 4.05. The van der Waals surface area contributed by atoms with Crippen LogP contribution in [0.4, 0.5) is 0 Å². The molecule has 1 unspecified atom stereocenters. The summed E-state index contributed by atoms with van der Waals surface area (Å²) >= 11 is 0. The zero-order chi connectivity index (χ0) is 10.0. The van der Waals surface area contributed by atoms with Crippen LogP contribution in [0.3, 0.4) is 0 Å². The molecule has 0 aromatic carbocycles. The fourth-order valence-electron chi connectivity index (χ4n) is 1.53. The first kappa shape index (κ1) is 10.5. The van der Waals surface area contributed by atoms with E-state index < -0.39 is 12.0 Å². The molecule has 0 amide bonds. The predicted octanol–water partition coefficient (Wildman–Crippen LogP) is 0.208. The summed E-state index contributed by atoms with van der Waals surface area (Å²) in [4.78, 5) is 10.8. The number of aliphatic carboxylic acids is 1. The first-order valence-corrected chi connectivity index (χ1v) is 4.67. The Morgan fingerprint density at radius 2 is 2.00 bits per heavy atom. The third kappa shape index (κ3) is 2.67. The van der Waals surface area contributed by atoms with Crippen LogP contribution in [0.2, 0.25) is 0 Å². The van der Waals surface area contributed by atoms with Crippen LogP contribution in [0.1, 0.15) is 26.7 Å². The van der Waals surface area contributed by atoms with Crippen LogP contribution in [-0.2, 0) is 4.79 Å². The molecule has 0 bridgehead atoms. The molecule has 1 rings (SSSR count). The van der Waals surface area contributed by atoms with Crippen LogP contribution in [0, 0.1) is 5.92 Å². The molecule has 1 aliphatic carbocycles. The van der Waals surface area contributed by atoms with Crippen molar-refractivity contribution in [3.05, 3.63) is 0 Å². The normalized spacial score (nSPS) is 29.8. The third-order valence-electron chi connectivity index (χ3n) is 2.46. The highest BCUT2D eigenvalue weighted by molar-refractivity contribution is 5.73. The minimum absolute atomic E-state index is 0.0789. The molecule has 1 aliphatic rings. The molecule has 4 nitrogen and oxygen atoms in total. The van der Waals surface area contributed by atoms with Crippen molar-refractivity contribution in [1.29, 1.82) is 0 Å². The Balaban J connectivity index is 2.35. The summed E-state index contributed by atoms with van der Waals surface area (Å²) in [5, 5.41) is 20.9. The van der Waals surface area contributed by atoms with Crippen LogP contribution >= 0.6 is 0 Å². The van der Waals surface area contributed by atoms with Gasteiger partial charge in [0.15, 0.2) is 0 Å². The first-order chi connectivity index (χ1) is 6.00. The lowest BCUT2D eigenvalue weighted by molar-refractivity contribution is -0.141. The lowest BCUT2D eigenvalue weighted by Crippen LogP contribution is -2.52. The largest absolute Gasteiger partial charge is 0.480 e. The maximum Gasteiger partial charge on any atom is 0.320 e. The number of carbonyl (C=O) groups is 1. The Morgan fingerprint density at radius 1 is 1.46 bits per heavy atom. The number of nitrogens with one attached hydrogen (secondary N) is 1. The molecule has 4 heteroatoms. The van der Waals surface area contributed by atoms with Gasteiger partial charge in [-0.3, -0.25) is 4.79 Å². The highest BCUT2D eigenvalue weighted by Gasteiger charge is 2.32. The summed E-state index contributed by atoms with van der Waals surface area (Å²) < 4.78 is 0. The van der Waals surface area contributed by atoms with Crippen LogP contribution in [0.15, 0.2) is 0 Å². The van der Waals surface area contributed by atoms with Gasteiger partial charge in [0.2, 0.25) is 0 Å². The topological polar surface area (TPSA) is 69.6 Å². The van der Waals surface area contributed by atoms with Crippen LogP contribution in [0.25, 0.3) is 0 Å². The number of hydrogen-bond acceptors (Lipinski definition) is 3. The molecule has 1 fully saturated rings. The minimum atomic E-state index is -0.809. The maximum absolute atomic E-state index is 10.8. The van der Waals surface area contributed by atoms with Gasteiger partial charge in [-0.2, -0.15) is 0 Å². The van der Waals surface area contributed by atoms with Crippen molar-refractivity contribution in [2.45, 2.75) is 44.9 Å². The van der Waals surface area contributed by atoms with E-state index in [1.54, 1.807) is 0 Å². The van der Waals surface area contributed by atoms with E-state index in [0.29, 0.717) is 12.8 Å². The molecule has 13 heavy (non-hydrogen) atoms. The van der Waals surface area contributed by atoms with E-state index >= 15 is 0 Å². The van der Waals surface area contributed by atoms with Gasteiger partial charge in [0, 0.05) is 6.04 Å². The van der Waals surface area contributed by atoms with Gasteiger partial charge in [-0.25, -0.2) is 0 Å². The smallest absolute Gasteiger partial charge is 0.320 e. The van der Waals surface area contributed by atoms with Gasteiger partial charge in [-0.15, -0.1) is 0 Å². The Bertz CT molecular complexity index is 187. The Labute approximate surface area is 78.0 Å². The number of carboxylic acid groups (broad SMARTS) is 1. The Morgan fingerprint density at radius 3 is 2.31 bits per heavy atom. The Hall–Kier alpha value is -0.610. The summed E-state index contributed by atoms with van der Waals surface area (Å²) in [5.74, 6) is -0.730. The summed E-state index contributed by atoms with van der Waals surface area (Å²) in [6.45, 7) is 3.75. The standard InChI is InChI=1S/C9H17NO3/c1-5(2)8(9(12)13)10-6-3-7(11)4-6/h5-8,10-11H,3-4H2,1-2H3,(H,12,13). The van der Waals surface area contributed by atoms with E-state index in [0.717, 1.165) is 0 Å². The minimum Gasteiger partial charge on any atom is -0.480 e. The van der Waals surface area contributed by atoms with Crippen LogP contribution in [-0.4, -0.2) is 34.4 Å². The molecule has 0 aromatic rings. The van der Waals surface area contributed by atoms with Crippen molar-refractivity contribution in [2.75, 3.05) is 0 Å². The van der Waals surface area contributed by atoms with Crippen molar-refractivity contribution in [3.63, 3.8) is 0 Å². The van der Waals surface area contributed by atoms with E-state index in [1.807, 2.05) is 13.8 Å².